The molecule has 2 N–H and O–H groups in total. The molecule has 134 valence electrons. The highest BCUT2D eigenvalue weighted by molar-refractivity contribution is 5.94. The number of amides is 1. The van der Waals surface area contributed by atoms with E-state index >= 15 is 0 Å². The molecule has 3 rings (SSSR count). The average Bonchev–Trinajstić information content (AvgIpc) is 3.05. The zero-order valence-electron chi connectivity index (χ0n) is 14.7. The van der Waals surface area contributed by atoms with E-state index in [1.165, 1.54) is 0 Å². The molecule has 6 nitrogen and oxygen atoms in total. The predicted molar refractivity (Wildman–Crippen MR) is 99.4 cm³/mol. The third-order valence-corrected chi connectivity index (χ3v) is 4.47. The Balaban J connectivity index is 1.73. The molecule has 0 aliphatic heterocycles. The second-order valence-corrected chi connectivity index (χ2v) is 6.55. The smallest absolute Gasteiger partial charge is 0.308 e. The summed E-state index contributed by atoms with van der Waals surface area (Å²) in [6.45, 7) is 3.77. The summed E-state index contributed by atoms with van der Waals surface area (Å²) in [5.41, 5.74) is 3.29. The number of nitrogens with one attached hydrogen (secondary N) is 1. The number of benzene rings is 2. The first kappa shape index (κ1) is 17.7. The number of aromatic nitrogens is 2. The quantitative estimate of drug-likeness (QED) is 0.715. The van der Waals surface area contributed by atoms with Gasteiger partial charge in [-0.15, -0.1) is 0 Å². The number of fused-ring (bicyclic) bond motifs is 1. The molecule has 1 heterocycles. The van der Waals surface area contributed by atoms with Gasteiger partial charge in [0.2, 0.25) is 0 Å². The summed E-state index contributed by atoms with van der Waals surface area (Å²) in [6.07, 6.45) is 1.75. The number of para-hydroxylation sites is 2. The molecule has 1 aromatic heterocycles. The molecule has 6 heteroatoms. The Morgan fingerprint density at radius 3 is 2.46 bits per heavy atom. The van der Waals surface area contributed by atoms with Crippen LogP contribution in [0.5, 0.6) is 0 Å². The van der Waals surface area contributed by atoms with Crippen molar-refractivity contribution in [3.05, 3.63) is 60.4 Å². The lowest BCUT2D eigenvalue weighted by Crippen LogP contribution is -2.35. The summed E-state index contributed by atoms with van der Waals surface area (Å²) in [4.78, 5) is 27.9. The highest BCUT2D eigenvalue weighted by atomic mass is 16.4. The molecule has 0 fully saturated rings. The fourth-order valence-corrected chi connectivity index (χ4v) is 2.85. The number of aliphatic carboxylic acids is 1. The molecule has 0 bridgehead atoms. The second-order valence-electron chi connectivity index (χ2n) is 6.55. The van der Waals surface area contributed by atoms with Crippen LogP contribution >= 0.6 is 0 Å². The van der Waals surface area contributed by atoms with Gasteiger partial charge in [-0.2, -0.15) is 0 Å². The maximum Gasteiger partial charge on any atom is 0.308 e. The summed E-state index contributed by atoms with van der Waals surface area (Å²) >= 11 is 0. The highest BCUT2D eigenvalue weighted by Gasteiger charge is 2.22. The van der Waals surface area contributed by atoms with Crippen LogP contribution in [0.15, 0.2) is 54.9 Å². The van der Waals surface area contributed by atoms with Gasteiger partial charge in [0.15, 0.2) is 0 Å². The fraction of sp³-hybridized carbons (Fsp3) is 0.250. The molecule has 1 unspecified atom stereocenters. The van der Waals surface area contributed by atoms with Crippen LogP contribution in [0, 0.1) is 11.8 Å². The lowest BCUT2D eigenvalue weighted by atomic mass is 9.96. The lowest BCUT2D eigenvalue weighted by molar-refractivity contribution is -0.142. The van der Waals surface area contributed by atoms with E-state index in [1.54, 1.807) is 18.5 Å². The normalized spacial score (nSPS) is 12.3. The maximum absolute atomic E-state index is 12.3. The zero-order chi connectivity index (χ0) is 18.7. The van der Waals surface area contributed by atoms with Crippen molar-refractivity contribution in [3.63, 3.8) is 0 Å². The van der Waals surface area contributed by atoms with Gasteiger partial charge in [-0.3, -0.25) is 14.2 Å². The summed E-state index contributed by atoms with van der Waals surface area (Å²) in [5.74, 6) is -1.83. The van der Waals surface area contributed by atoms with Gasteiger partial charge < -0.3 is 10.4 Å². The number of carboxylic acids is 1. The third-order valence-electron chi connectivity index (χ3n) is 4.47. The molecule has 3 aromatic rings. The number of carbonyl (C=O) groups is 2. The average molecular weight is 351 g/mol. The summed E-state index contributed by atoms with van der Waals surface area (Å²) < 4.78 is 1.95. The van der Waals surface area contributed by atoms with Crippen LogP contribution in [0.3, 0.4) is 0 Å². The maximum atomic E-state index is 12.3. The van der Waals surface area contributed by atoms with E-state index < -0.39 is 11.9 Å². The summed E-state index contributed by atoms with van der Waals surface area (Å²) in [7, 11) is 0. The molecule has 1 atom stereocenters. The Hall–Kier alpha value is -3.15. The van der Waals surface area contributed by atoms with Crippen molar-refractivity contribution in [3.8, 4) is 5.69 Å². The molecule has 1 amide bonds. The Labute approximate surface area is 151 Å². The van der Waals surface area contributed by atoms with E-state index in [4.69, 9.17) is 0 Å². The molecule has 0 saturated heterocycles. The Kier molecular flexibility index (Phi) is 5.02. The first-order chi connectivity index (χ1) is 12.5. The van der Waals surface area contributed by atoms with Gasteiger partial charge in [-0.1, -0.05) is 26.0 Å². The zero-order valence-corrected chi connectivity index (χ0v) is 14.7. The first-order valence-electron chi connectivity index (χ1n) is 8.51. The van der Waals surface area contributed by atoms with E-state index in [0.29, 0.717) is 5.56 Å². The molecule has 0 spiro atoms. The number of carboxylic acid groups (broad SMARTS) is 1. The van der Waals surface area contributed by atoms with Gasteiger partial charge in [0.25, 0.3) is 5.91 Å². The molecule has 0 saturated carbocycles. The minimum absolute atomic E-state index is 0.0512. The minimum atomic E-state index is -0.900. The Morgan fingerprint density at radius 2 is 1.81 bits per heavy atom. The van der Waals surface area contributed by atoms with E-state index in [2.05, 4.69) is 10.3 Å². The van der Waals surface area contributed by atoms with Crippen molar-refractivity contribution in [1.82, 2.24) is 14.9 Å². The Morgan fingerprint density at radius 1 is 1.12 bits per heavy atom. The van der Waals surface area contributed by atoms with E-state index in [-0.39, 0.29) is 18.4 Å². The van der Waals surface area contributed by atoms with Crippen LogP contribution in [0.25, 0.3) is 16.7 Å². The van der Waals surface area contributed by atoms with Gasteiger partial charge in [-0.05, 0) is 42.3 Å². The molecule has 2 aromatic carbocycles. The monoisotopic (exact) mass is 351 g/mol. The molecular formula is C20H21N3O3. The van der Waals surface area contributed by atoms with Crippen LogP contribution in [-0.2, 0) is 4.79 Å². The first-order valence-corrected chi connectivity index (χ1v) is 8.51. The van der Waals surface area contributed by atoms with Crippen LogP contribution in [-0.4, -0.2) is 33.1 Å². The van der Waals surface area contributed by atoms with Crippen molar-refractivity contribution in [2.24, 2.45) is 11.8 Å². The van der Waals surface area contributed by atoms with E-state index in [0.717, 1.165) is 16.7 Å². The van der Waals surface area contributed by atoms with Gasteiger partial charge in [0, 0.05) is 17.8 Å². The summed E-state index contributed by atoms with van der Waals surface area (Å²) in [5, 5.41) is 11.9. The molecular weight excluding hydrogens is 330 g/mol. The van der Waals surface area contributed by atoms with Gasteiger partial charge >= 0.3 is 5.97 Å². The topological polar surface area (TPSA) is 84.2 Å². The van der Waals surface area contributed by atoms with E-state index in [9.17, 15) is 14.7 Å². The number of hydrogen-bond acceptors (Lipinski definition) is 3. The van der Waals surface area contributed by atoms with Crippen molar-refractivity contribution in [2.45, 2.75) is 13.8 Å². The van der Waals surface area contributed by atoms with Crippen molar-refractivity contribution < 1.29 is 14.7 Å². The van der Waals surface area contributed by atoms with Crippen molar-refractivity contribution in [1.29, 1.82) is 0 Å². The van der Waals surface area contributed by atoms with Gasteiger partial charge in [0.05, 0.1) is 17.0 Å². The number of hydrogen-bond donors (Lipinski definition) is 2. The van der Waals surface area contributed by atoms with Crippen LogP contribution in [0.1, 0.15) is 24.2 Å². The van der Waals surface area contributed by atoms with Crippen molar-refractivity contribution >= 4 is 22.9 Å². The number of nitrogens with zero attached hydrogens (tertiary/aromatic N) is 2. The van der Waals surface area contributed by atoms with Crippen LogP contribution < -0.4 is 5.32 Å². The molecule has 0 aliphatic carbocycles. The standard InChI is InChI=1S/C20H21N3O3/c1-13(2)16(20(25)26)11-21-19(24)14-7-9-15(10-8-14)23-12-22-17-5-3-4-6-18(17)23/h3-10,12-13,16H,11H2,1-2H3,(H,21,24)(H,25,26). The van der Waals surface area contributed by atoms with E-state index in [1.807, 2.05) is 54.8 Å². The number of carbonyl (C=O) groups excluding carboxylic acids is 1. The van der Waals surface area contributed by atoms with Crippen LogP contribution in [0.2, 0.25) is 0 Å². The number of rotatable bonds is 6. The highest BCUT2D eigenvalue weighted by Crippen LogP contribution is 2.18. The van der Waals surface area contributed by atoms with Gasteiger partial charge in [0.1, 0.15) is 6.33 Å². The molecule has 0 radical (unpaired) electrons. The minimum Gasteiger partial charge on any atom is -0.481 e. The largest absolute Gasteiger partial charge is 0.481 e. The predicted octanol–water partition coefficient (Wildman–Crippen LogP) is 3.11. The van der Waals surface area contributed by atoms with Gasteiger partial charge in [-0.25, -0.2) is 4.98 Å². The summed E-state index contributed by atoms with van der Waals surface area (Å²) in [6, 6.07) is 15.0. The molecule has 0 aliphatic rings. The van der Waals surface area contributed by atoms with Crippen molar-refractivity contribution in [2.75, 3.05) is 6.54 Å². The third kappa shape index (κ3) is 3.59. The second kappa shape index (κ2) is 7.39. The number of imidazole rings is 1. The fourth-order valence-electron chi connectivity index (χ4n) is 2.85. The van der Waals surface area contributed by atoms with Crippen LogP contribution in [0.4, 0.5) is 0 Å². The Bertz CT molecular complexity index is 929. The molecule has 26 heavy (non-hydrogen) atoms. The SMILES string of the molecule is CC(C)C(CNC(=O)c1ccc(-n2cnc3ccccc32)cc1)C(=O)O. The lowest BCUT2D eigenvalue weighted by Gasteiger charge is -2.16.